The Morgan fingerprint density at radius 3 is 2.82 bits per heavy atom. The molecule has 8 heteroatoms. The molecule has 2 N–H and O–H groups in total. The quantitative estimate of drug-likeness (QED) is 0.513. The number of nitrogens with zero attached hydrogens (tertiary/aromatic N) is 3. The van der Waals surface area contributed by atoms with E-state index in [4.69, 9.17) is 6.42 Å². The highest BCUT2D eigenvalue weighted by Crippen LogP contribution is 2.23. The van der Waals surface area contributed by atoms with Crippen LogP contribution in [0.2, 0.25) is 0 Å². The number of aromatic nitrogens is 4. The van der Waals surface area contributed by atoms with Gasteiger partial charge in [-0.05, 0) is 23.6 Å². The average molecular weight is 389 g/mol. The summed E-state index contributed by atoms with van der Waals surface area (Å²) in [6.45, 7) is 0.208. The zero-order chi connectivity index (χ0) is 19.5. The molecule has 0 atom stereocenters. The first-order valence-corrected chi connectivity index (χ1v) is 9.35. The first-order chi connectivity index (χ1) is 13.7. The number of carbonyl (C=O) groups is 1. The van der Waals surface area contributed by atoms with Crippen molar-refractivity contribution in [1.29, 1.82) is 0 Å². The molecule has 3 heterocycles. The van der Waals surface area contributed by atoms with Gasteiger partial charge in [-0.1, -0.05) is 30.2 Å². The number of thiophene rings is 1. The molecule has 3 aromatic heterocycles. The SMILES string of the molecule is C#CCn1nc(CNC(=O)c2cc(-c3cccs3)[nH]n2)c2ccccc2c1=O. The van der Waals surface area contributed by atoms with Crippen molar-refractivity contribution >= 4 is 28.0 Å². The number of amides is 1. The Kier molecular flexibility index (Phi) is 4.74. The van der Waals surface area contributed by atoms with Gasteiger partial charge in [-0.3, -0.25) is 14.7 Å². The highest BCUT2D eigenvalue weighted by Gasteiger charge is 2.14. The molecular formula is C20H15N5O2S. The van der Waals surface area contributed by atoms with Gasteiger partial charge in [-0.15, -0.1) is 17.8 Å². The van der Waals surface area contributed by atoms with Crippen LogP contribution in [0, 0.1) is 12.3 Å². The van der Waals surface area contributed by atoms with E-state index >= 15 is 0 Å². The average Bonchev–Trinajstić information content (AvgIpc) is 3.41. The van der Waals surface area contributed by atoms with Crippen LogP contribution >= 0.6 is 11.3 Å². The van der Waals surface area contributed by atoms with E-state index < -0.39 is 0 Å². The highest BCUT2D eigenvalue weighted by atomic mass is 32.1. The van der Waals surface area contributed by atoms with Crippen LogP contribution in [0.15, 0.2) is 52.6 Å². The first kappa shape index (κ1) is 17.7. The number of H-pyrrole nitrogens is 1. The standard InChI is InChI=1S/C20H15N5O2S/c1-2-9-25-20(27)14-7-4-3-6-13(14)17(24-25)12-21-19(26)16-11-15(22-23-16)18-8-5-10-28-18/h1,3-8,10-11H,9,12H2,(H,21,26)(H,22,23). The van der Waals surface area contributed by atoms with Crippen molar-refractivity contribution in [2.45, 2.75) is 13.1 Å². The Bertz CT molecular complexity index is 1250. The van der Waals surface area contributed by atoms with Crippen molar-refractivity contribution in [3.05, 3.63) is 69.6 Å². The van der Waals surface area contributed by atoms with Gasteiger partial charge in [0.15, 0.2) is 5.69 Å². The fourth-order valence-corrected chi connectivity index (χ4v) is 3.57. The van der Waals surface area contributed by atoms with Crippen molar-refractivity contribution < 1.29 is 4.79 Å². The van der Waals surface area contributed by atoms with Gasteiger partial charge in [-0.25, -0.2) is 4.68 Å². The Labute approximate surface area is 164 Å². The predicted molar refractivity (Wildman–Crippen MR) is 108 cm³/mol. The molecule has 4 aromatic rings. The largest absolute Gasteiger partial charge is 0.345 e. The van der Waals surface area contributed by atoms with Crippen molar-refractivity contribution in [3.63, 3.8) is 0 Å². The number of terminal acetylenes is 1. The number of carbonyl (C=O) groups excluding carboxylic acids is 1. The number of fused-ring (bicyclic) bond motifs is 1. The molecule has 1 amide bonds. The summed E-state index contributed by atoms with van der Waals surface area (Å²) in [5, 5.41) is 17.2. The molecule has 0 aliphatic heterocycles. The fraction of sp³-hybridized carbons (Fsp3) is 0.100. The monoisotopic (exact) mass is 389 g/mol. The number of aromatic amines is 1. The molecule has 1 aromatic carbocycles. The summed E-state index contributed by atoms with van der Waals surface area (Å²) >= 11 is 1.56. The lowest BCUT2D eigenvalue weighted by Gasteiger charge is -2.09. The number of hydrogen-bond acceptors (Lipinski definition) is 5. The van der Waals surface area contributed by atoms with E-state index in [-0.39, 0.29) is 30.2 Å². The Morgan fingerprint density at radius 2 is 2.07 bits per heavy atom. The topological polar surface area (TPSA) is 92.7 Å². The van der Waals surface area contributed by atoms with Crippen LogP contribution in [-0.2, 0) is 13.1 Å². The van der Waals surface area contributed by atoms with Gasteiger partial charge in [0.05, 0.1) is 28.2 Å². The lowest BCUT2D eigenvalue weighted by atomic mass is 10.1. The molecule has 0 saturated carbocycles. The van der Waals surface area contributed by atoms with Crippen LogP contribution in [0.1, 0.15) is 16.2 Å². The van der Waals surface area contributed by atoms with Gasteiger partial charge >= 0.3 is 0 Å². The first-order valence-electron chi connectivity index (χ1n) is 8.47. The molecule has 0 fully saturated rings. The molecule has 4 rings (SSSR count). The molecule has 0 aliphatic carbocycles. The molecule has 138 valence electrons. The lowest BCUT2D eigenvalue weighted by molar-refractivity contribution is 0.0945. The molecule has 0 spiro atoms. The third kappa shape index (κ3) is 3.31. The Balaban J connectivity index is 1.59. The smallest absolute Gasteiger partial charge is 0.275 e. The number of hydrogen-bond donors (Lipinski definition) is 2. The van der Waals surface area contributed by atoms with Crippen LogP contribution in [0.4, 0.5) is 0 Å². The van der Waals surface area contributed by atoms with E-state index in [9.17, 15) is 9.59 Å². The number of nitrogens with one attached hydrogen (secondary N) is 2. The van der Waals surface area contributed by atoms with Crippen molar-refractivity contribution in [2.75, 3.05) is 0 Å². The second-order valence-electron chi connectivity index (χ2n) is 5.99. The van der Waals surface area contributed by atoms with E-state index in [1.54, 1.807) is 35.6 Å². The van der Waals surface area contributed by atoms with Crippen LogP contribution in [0.25, 0.3) is 21.3 Å². The summed E-state index contributed by atoms with van der Waals surface area (Å²) in [4.78, 5) is 25.9. The zero-order valence-electron chi connectivity index (χ0n) is 14.7. The minimum absolute atomic E-state index is 0.0636. The van der Waals surface area contributed by atoms with E-state index in [1.165, 1.54) is 4.68 Å². The maximum Gasteiger partial charge on any atom is 0.275 e. The summed E-state index contributed by atoms with van der Waals surface area (Å²) in [7, 11) is 0. The Hall–Kier alpha value is -3.70. The van der Waals surface area contributed by atoms with Gasteiger partial charge in [0, 0.05) is 5.39 Å². The van der Waals surface area contributed by atoms with Crippen molar-refractivity contribution in [2.24, 2.45) is 0 Å². The van der Waals surface area contributed by atoms with Gasteiger partial charge in [0.1, 0.15) is 6.54 Å². The minimum Gasteiger partial charge on any atom is -0.345 e. The predicted octanol–water partition coefficient (Wildman–Crippen LogP) is 2.41. The molecular weight excluding hydrogens is 374 g/mol. The molecule has 0 saturated heterocycles. The van der Waals surface area contributed by atoms with Gasteiger partial charge in [-0.2, -0.15) is 10.2 Å². The Morgan fingerprint density at radius 1 is 1.25 bits per heavy atom. The lowest BCUT2D eigenvalue weighted by Crippen LogP contribution is -2.28. The fourth-order valence-electron chi connectivity index (χ4n) is 2.88. The van der Waals surface area contributed by atoms with Crippen molar-refractivity contribution in [3.8, 4) is 22.9 Å². The summed E-state index contributed by atoms with van der Waals surface area (Å²) in [5.41, 5.74) is 1.38. The maximum atomic E-state index is 12.5. The molecule has 0 aliphatic rings. The highest BCUT2D eigenvalue weighted by molar-refractivity contribution is 7.13. The molecule has 7 nitrogen and oxygen atoms in total. The van der Waals surface area contributed by atoms with E-state index in [2.05, 4.69) is 26.5 Å². The van der Waals surface area contributed by atoms with Crippen LogP contribution in [0.3, 0.4) is 0 Å². The summed E-state index contributed by atoms with van der Waals surface area (Å²) < 4.78 is 1.23. The normalized spacial score (nSPS) is 10.7. The van der Waals surface area contributed by atoms with Gasteiger partial charge in [0.25, 0.3) is 11.5 Å². The second kappa shape index (κ2) is 7.50. The molecule has 28 heavy (non-hydrogen) atoms. The molecule has 0 radical (unpaired) electrons. The number of rotatable bonds is 5. The van der Waals surface area contributed by atoms with E-state index in [1.807, 2.05) is 23.6 Å². The maximum absolute atomic E-state index is 12.5. The van der Waals surface area contributed by atoms with Crippen LogP contribution in [-0.4, -0.2) is 25.9 Å². The summed E-state index contributed by atoms with van der Waals surface area (Å²) in [6.07, 6.45) is 5.33. The molecule has 0 unspecified atom stereocenters. The van der Waals surface area contributed by atoms with E-state index in [0.717, 1.165) is 10.6 Å². The van der Waals surface area contributed by atoms with Crippen LogP contribution < -0.4 is 10.9 Å². The summed E-state index contributed by atoms with van der Waals surface area (Å²) in [5.74, 6) is 2.09. The third-order valence-corrected chi connectivity index (χ3v) is 5.10. The molecule has 0 bridgehead atoms. The minimum atomic E-state index is -0.334. The van der Waals surface area contributed by atoms with Crippen LogP contribution in [0.5, 0.6) is 0 Å². The zero-order valence-corrected chi connectivity index (χ0v) is 15.5. The van der Waals surface area contributed by atoms with Crippen molar-refractivity contribution in [1.82, 2.24) is 25.3 Å². The number of benzene rings is 1. The van der Waals surface area contributed by atoms with E-state index in [0.29, 0.717) is 16.5 Å². The summed E-state index contributed by atoms with van der Waals surface area (Å²) in [6, 6.07) is 12.7. The second-order valence-corrected chi connectivity index (χ2v) is 6.93. The van der Waals surface area contributed by atoms with Gasteiger partial charge < -0.3 is 5.32 Å². The third-order valence-electron chi connectivity index (χ3n) is 4.20. The van der Waals surface area contributed by atoms with Gasteiger partial charge in [0.2, 0.25) is 0 Å².